The summed E-state index contributed by atoms with van der Waals surface area (Å²) in [6, 6.07) is 1.95. The Kier molecular flexibility index (Phi) is 3.76. The van der Waals surface area contributed by atoms with Crippen LogP contribution in [0.5, 0.6) is 0 Å². The first-order valence-corrected chi connectivity index (χ1v) is 6.68. The number of hydrogen-bond acceptors (Lipinski definition) is 10. The quantitative estimate of drug-likeness (QED) is 0.267. The molecule has 0 spiro atoms. The molecule has 11 heteroatoms. The van der Waals surface area contributed by atoms with E-state index in [4.69, 9.17) is 16.3 Å². The lowest BCUT2D eigenvalue weighted by Crippen LogP contribution is -2.33. The first-order valence-electron chi connectivity index (χ1n) is 6.68. The molecule has 0 aliphatic carbocycles. The summed E-state index contributed by atoms with van der Waals surface area (Å²) in [4.78, 5) is 7.90. The third-order valence-electron chi connectivity index (χ3n) is 3.83. The fraction of sp³-hybridized carbons (Fsp3) is 0.417. The van der Waals surface area contributed by atoms with Crippen molar-refractivity contribution in [1.29, 1.82) is 5.26 Å². The average molecular weight is 321 g/mol. The highest BCUT2D eigenvalue weighted by molar-refractivity contribution is 5.97. The Bertz CT molecular complexity index is 786. The number of nitrogens with one attached hydrogen (secondary N) is 1. The Morgan fingerprint density at radius 3 is 2.70 bits per heavy atom. The standard InChI is InChI=1S/C12H15N7O4/c13-1-4-6-9(14)16-3-17-11(6)19(10(4)18-15)12-8(22)7(21)5(2-20)23-12/h3,5,7-8,12,18,20-22H,2,15H2,(H2,14,16,17)/t5-,7+,8-,12+/m0/s1. The number of aliphatic hydroxyl groups is 3. The van der Waals surface area contributed by atoms with Crippen molar-refractivity contribution in [2.24, 2.45) is 5.84 Å². The first kappa shape index (κ1) is 15.4. The molecule has 1 fully saturated rings. The van der Waals surface area contributed by atoms with Crippen LogP contribution >= 0.6 is 0 Å². The minimum absolute atomic E-state index is 0.0635. The van der Waals surface area contributed by atoms with Crippen LogP contribution < -0.4 is 17.0 Å². The number of rotatable bonds is 3. The molecule has 0 unspecified atom stereocenters. The van der Waals surface area contributed by atoms with E-state index < -0.39 is 31.1 Å². The highest BCUT2D eigenvalue weighted by Gasteiger charge is 2.45. The molecule has 4 atom stereocenters. The SMILES string of the molecule is N#Cc1c(NN)n([C@@H]2O[C@@H](CO)[C@@H](O)[C@@H]2O)c2ncnc(N)c12. The minimum Gasteiger partial charge on any atom is -0.394 e. The molecule has 0 aromatic carbocycles. The second-order valence-corrected chi connectivity index (χ2v) is 5.04. The summed E-state index contributed by atoms with van der Waals surface area (Å²) >= 11 is 0. The zero-order valence-corrected chi connectivity index (χ0v) is 11.8. The number of aliphatic hydroxyl groups excluding tert-OH is 3. The van der Waals surface area contributed by atoms with Crippen molar-refractivity contribution in [1.82, 2.24) is 14.5 Å². The Morgan fingerprint density at radius 2 is 2.13 bits per heavy atom. The number of nitrogens with two attached hydrogens (primary N) is 2. The van der Waals surface area contributed by atoms with Gasteiger partial charge >= 0.3 is 0 Å². The predicted octanol–water partition coefficient (Wildman–Crippen LogP) is -2.22. The maximum absolute atomic E-state index is 10.2. The molecule has 8 N–H and O–H groups in total. The molecule has 2 aromatic rings. The van der Waals surface area contributed by atoms with Crippen molar-refractivity contribution < 1.29 is 20.1 Å². The number of hydrazine groups is 1. The van der Waals surface area contributed by atoms with Crippen LogP contribution in [0.2, 0.25) is 0 Å². The van der Waals surface area contributed by atoms with E-state index in [-0.39, 0.29) is 28.2 Å². The van der Waals surface area contributed by atoms with Gasteiger partial charge in [-0.2, -0.15) is 5.26 Å². The Labute approximate surface area is 129 Å². The molecule has 0 amide bonds. The fourth-order valence-corrected chi connectivity index (χ4v) is 2.75. The van der Waals surface area contributed by atoms with Crippen molar-refractivity contribution in [2.75, 3.05) is 17.8 Å². The summed E-state index contributed by atoms with van der Waals surface area (Å²) in [6.07, 6.45) is -3.58. The molecule has 1 aliphatic heterocycles. The third-order valence-corrected chi connectivity index (χ3v) is 3.83. The topological polar surface area (TPSA) is 188 Å². The van der Waals surface area contributed by atoms with E-state index in [1.807, 2.05) is 6.07 Å². The predicted molar refractivity (Wildman–Crippen MR) is 77.5 cm³/mol. The maximum Gasteiger partial charge on any atom is 0.166 e. The number of ether oxygens (including phenoxy) is 1. The van der Waals surface area contributed by atoms with E-state index >= 15 is 0 Å². The number of nitriles is 1. The van der Waals surface area contributed by atoms with Crippen LogP contribution in [0.1, 0.15) is 11.8 Å². The molecular formula is C12H15N7O4. The number of aromatic nitrogens is 3. The average Bonchev–Trinajstić information content (AvgIpc) is 3.03. The number of nitrogens with zero attached hydrogens (tertiary/aromatic N) is 4. The summed E-state index contributed by atoms with van der Waals surface area (Å²) in [6.45, 7) is -0.485. The monoisotopic (exact) mass is 321 g/mol. The maximum atomic E-state index is 10.2. The van der Waals surface area contributed by atoms with E-state index in [1.54, 1.807) is 0 Å². The molecule has 0 saturated carbocycles. The lowest BCUT2D eigenvalue weighted by molar-refractivity contribution is -0.0499. The smallest absolute Gasteiger partial charge is 0.166 e. The minimum atomic E-state index is -1.36. The summed E-state index contributed by atoms with van der Waals surface area (Å²) in [7, 11) is 0. The van der Waals surface area contributed by atoms with Crippen molar-refractivity contribution in [3.63, 3.8) is 0 Å². The molecular weight excluding hydrogens is 306 g/mol. The van der Waals surface area contributed by atoms with Gasteiger partial charge < -0.3 is 31.2 Å². The zero-order valence-electron chi connectivity index (χ0n) is 11.8. The highest BCUT2D eigenvalue weighted by Crippen LogP contribution is 2.39. The van der Waals surface area contributed by atoms with Crippen LogP contribution in [0, 0.1) is 11.3 Å². The normalized spacial score (nSPS) is 27.3. The summed E-state index contributed by atoms with van der Waals surface area (Å²) < 4.78 is 6.79. The van der Waals surface area contributed by atoms with E-state index in [0.29, 0.717) is 0 Å². The van der Waals surface area contributed by atoms with Crippen molar-refractivity contribution in [3.05, 3.63) is 11.9 Å². The van der Waals surface area contributed by atoms with Crippen LogP contribution in [-0.4, -0.2) is 54.8 Å². The van der Waals surface area contributed by atoms with Crippen molar-refractivity contribution in [2.45, 2.75) is 24.5 Å². The Balaban J connectivity index is 2.26. The largest absolute Gasteiger partial charge is 0.394 e. The van der Waals surface area contributed by atoms with Crippen LogP contribution in [0.4, 0.5) is 11.6 Å². The molecule has 122 valence electrons. The third kappa shape index (κ3) is 2.09. The highest BCUT2D eigenvalue weighted by atomic mass is 16.6. The molecule has 0 radical (unpaired) electrons. The van der Waals surface area contributed by atoms with Gasteiger partial charge in [0.15, 0.2) is 11.9 Å². The van der Waals surface area contributed by atoms with Gasteiger partial charge in [0.2, 0.25) is 0 Å². The van der Waals surface area contributed by atoms with E-state index in [2.05, 4.69) is 15.4 Å². The van der Waals surface area contributed by atoms with Gasteiger partial charge in [-0.1, -0.05) is 0 Å². The second-order valence-electron chi connectivity index (χ2n) is 5.04. The molecule has 23 heavy (non-hydrogen) atoms. The van der Waals surface area contributed by atoms with Crippen molar-refractivity contribution in [3.8, 4) is 6.07 Å². The summed E-state index contributed by atoms with van der Waals surface area (Å²) in [5, 5.41) is 39.0. The van der Waals surface area contributed by atoms with Gasteiger partial charge in [-0.3, -0.25) is 4.57 Å². The molecule has 2 aromatic heterocycles. The first-order chi connectivity index (χ1) is 11.0. The number of fused-ring (bicyclic) bond motifs is 1. The summed E-state index contributed by atoms with van der Waals surface area (Å²) in [5.41, 5.74) is 8.45. The Morgan fingerprint density at radius 1 is 1.39 bits per heavy atom. The second kappa shape index (κ2) is 5.61. The van der Waals surface area contributed by atoms with E-state index in [0.717, 1.165) is 0 Å². The molecule has 11 nitrogen and oxygen atoms in total. The van der Waals surface area contributed by atoms with Crippen molar-refractivity contribution >= 4 is 22.7 Å². The van der Waals surface area contributed by atoms with Crippen LogP contribution in [0.3, 0.4) is 0 Å². The van der Waals surface area contributed by atoms with E-state index in [1.165, 1.54) is 10.9 Å². The van der Waals surface area contributed by atoms with Gasteiger partial charge in [-0.15, -0.1) is 0 Å². The molecule has 1 aliphatic rings. The lowest BCUT2D eigenvalue weighted by atomic mass is 10.1. The van der Waals surface area contributed by atoms with E-state index in [9.17, 15) is 20.6 Å². The molecule has 3 rings (SSSR count). The lowest BCUT2D eigenvalue weighted by Gasteiger charge is -2.20. The fourth-order valence-electron chi connectivity index (χ4n) is 2.75. The van der Waals surface area contributed by atoms with Gasteiger partial charge in [-0.25, -0.2) is 15.8 Å². The van der Waals surface area contributed by atoms with Crippen LogP contribution in [-0.2, 0) is 4.74 Å². The molecule has 3 heterocycles. The van der Waals surface area contributed by atoms with Gasteiger partial charge in [0.25, 0.3) is 0 Å². The Hall–Kier alpha value is -2.49. The number of anilines is 2. The van der Waals surface area contributed by atoms with Gasteiger partial charge in [0.05, 0.1) is 12.0 Å². The van der Waals surface area contributed by atoms with Gasteiger partial charge in [0, 0.05) is 0 Å². The van der Waals surface area contributed by atoms with Gasteiger partial charge in [0.1, 0.15) is 47.9 Å². The zero-order chi connectivity index (χ0) is 16.7. The number of hydrogen-bond donors (Lipinski definition) is 6. The van der Waals surface area contributed by atoms with Crippen LogP contribution in [0.25, 0.3) is 11.0 Å². The number of nitrogen functional groups attached to an aromatic ring is 2. The molecule has 0 bridgehead atoms. The van der Waals surface area contributed by atoms with Gasteiger partial charge in [-0.05, 0) is 0 Å². The van der Waals surface area contributed by atoms with Crippen LogP contribution in [0.15, 0.2) is 6.33 Å². The summed E-state index contributed by atoms with van der Waals surface area (Å²) in [5.74, 6) is 5.66. The molecule has 1 saturated heterocycles.